The molecule has 0 aromatic carbocycles. The van der Waals surface area contributed by atoms with E-state index >= 15 is 0 Å². The van der Waals surface area contributed by atoms with E-state index in [2.05, 4.69) is 5.32 Å². The van der Waals surface area contributed by atoms with Gasteiger partial charge in [-0.15, -0.1) is 0 Å². The second-order valence-electron chi connectivity index (χ2n) is 7.12. The maximum absolute atomic E-state index is 12.5. The SMILES string of the molecule is CC(C)N(C(=O)OC(C)(C)C)[C@H]1CCCC[C@@H]1NCCO. The lowest BCUT2D eigenvalue weighted by molar-refractivity contribution is -0.00116. The maximum Gasteiger partial charge on any atom is 0.410 e. The van der Waals surface area contributed by atoms with Crippen LogP contribution in [-0.4, -0.2) is 53.0 Å². The third-order valence-corrected chi connectivity index (χ3v) is 3.77. The van der Waals surface area contributed by atoms with E-state index in [9.17, 15) is 4.79 Å². The summed E-state index contributed by atoms with van der Waals surface area (Å²) in [7, 11) is 0. The van der Waals surface area contributed by atoms with E-state index in [1.165, 1.54) is 6.42 Å². The summed E-state index contributed by atoms with van der Waals surface area (Å²) in [6.07, 6.45) is 4.09. The van der Waals surface area contributed by atoms with Crippen molar-refractivity contribution in [3.05, 3.63) is 0 Å². The van der Waals surface area contributed by atoms with Gasteiger partial charge in [-0.25, -0.2) is 4.79 Å². The Morgan fingerprint density at radius 3 is 2.48 bits per heavy atom. The van der Waals surface area contributed by atoms with Crippen LogP contribution >= 0.6 is 0 Å². The number of aliphatic hydroxyl groups excluding tert-OH is 1. The normalized spacial score (nSPS) is 23.2. The molecule has 1 saturated carbocycles. The Labute approximate surface area is 129 Å². The van der Waals surface area contributed by atoms with E-state index in [4.69, 9.17) is 9.84 Å². The Hall–Kier alpha value is -0.810. The van der Waals surface area contributed by atoms with Crippen molar-refractivity contribution >= 4 is 6.09 Å². The van der Waals surface area contributed by atoms with Gasteiger partial charge >= 0.3 is 6.09 Å². The smallest absolute Gasteiger partial charge is 0.410 e. The second kappa shape index (κ2) is 7.99. The molecule has 0 radical (unpaired) electrons. The zero-order chi connectivity index (χ0) is 16.0. The molecule has 0 aromatic heterocycles. The number of hydrogen-bond donors (Lipinski definition) is 2. The number of hydrogen-bond acceptors (Lipinski definition) is 4. The zero-order valence-corrected chi connectivity index (χ0v) is 14.2. The molecule has 1 aliphatic carbocycles. The number of carbonyl (C=O) groups is 1. The number of amides is 1. The summed E-state index contributed by atoms with van der Waals surface area (Å²) in [5.41, 5.74) is -0.479. The molecule has 0 aromatic rings. The number of aliphatic hydroxyl groups is 1. The number of rotatable bonds is 5. The molecule has 0 unspecified atom stereocenters. The third kappa shape index (κ3) is 5.83. The van der Waals surface area contributed by atoms with E-state index in [1.807, 2.05) is 39.5 Å². The highest BCUT2D eigenvalue weighted by atomic mass is 16.6. The Morgan fingerprint density at radius 1 is 1.33 bits per heavy atom. The van der Waals surface area contributed by atoms with E-state index in [-0.39, 0.29) is 30.8 Å². The molecule has 1 rings (SSSR count). The highest BCUT2D eigenvalue weighted by molar-refractivity contribution is 5.69. The van der Waals surface area contributed by atoms with Gasteiger partial charge in [-0.1, -0.05) is 12.8 Å². The van der Waals surface area contributed by atoms with Crippen LogP contribution in [-0.2, 0) is 4.74 Å². The van der Waals surface area contributed by atoms with Gasteiger partial charge in [-0.3, -0.25) is 0 Å². The van der Waals surface area contributed by atoms with Crippen LogP contribution in [0.5, 0.6) is 0 Å². The molecular formula is C16H32N2O3. The number of carbonyl (C=O) groups excluding carboxylic acids is 1. The highest BCUT2D eigenvalue weighted by Crippen LogP contribution is 2.26. The molecule has 0 aliphatic heterocycles. The largest absolute Gasteiger partial charge is 0.444 e. The van der Waals surface area contributed by atoms with Gasteiger partial charge in [0.25, 0.3) is 0 Å². The fraction of sp³-hybridized carbons (Fsp3) is 0.938. The summed E-state index contributed by atoms with van der Waals surface area (Å²) in [6, 6.07) is 0.474. The van der Waals surface area contributed by atoms with Crippen LogP contribution in [0.2, 0.25) is 0 Å². The molecule has 2 atom stereocenters. The number of nitrogens with zero attached hydrogens (tertiary/aromatic N) is 1. The van der Waals surface area contributed by atoms with Crippen molar-refractivity contribution in [2.45, 2.75) is 84.0 Å². The summed E-state index contributed by atoms with van der Waals surface area (Å²) in [5, 5.41) is 12.4. The molecule has 5 heteroatoms. The van der Waals surface area contributed by atoms with Crippen molar-refractivity contribution in [2.24, 2.45) is 0 Å². The minimum Gasteiger partial charge on any atom is -0.444 e. The Bertz CT molecular complexity index is 326. The van der Waals surface area contributed by atoms with E-state index < -0.39 is 5.60 Å². The van der Waals surface area contributed by atoms with Crippen molar-refractivity contribution in [3.8, 4) is 0 Å². The molecule has 0 spiro atoms. The van der Waals surface area contributed by atoms with Crippen LogP contribution in [0.1, 0.15) is 60.3 Å². The quantitative estimate of drug-likeness (QED) is 0.819. The number of nitrogens with one attached hydrogen (secondary N) is 1. The van der Waals surface area contributed by atoms with Crippen LogP contribution in [0.25, 0.3) is 0 Å². The van der Waals surface area contributed by atoms with E-state index in [0.717, 1.165) is 19.3 Å². The van der Waals surface area contributed by atoms with E-state index in [1.54, 1.807) is 0 Å². The number of ether oxygens (including phenoxy) is 1. The molecular weight excluding hydrogens is 268 g/mol. The molecule has 1 amide bonds. The molecule has 0 bridgehead atoms. The summed E-state index contributed by atoms with van der Waals surface area (Å²) in [6.45, 7) is 10.4. The minimum absolute atomic E-state index is 0.0985. The molecule has 0 heterocycles. The summed E-state index contributed by atoms with van der Waals surface area (Å²) < 4.78 is 5.58. The van der Waals surface area contributed by atoms with Gasteiger partial charge in [0, 0.05) is 18.6 Å². The Kier molecular flexibility index (Phi) is 6.94. The van der Waals surface area contributed by atoms with Gasteiger partial charge in [0.1, 0.15) is 5.60 Å². The van der Waals surface area contributed by atoms with Gasteiger partial charge in [0.15, 0.2) is 0 Å². The molecule has 124 valence electrons. The Balaban J connectivity index is 2.83. The lowest BCUT2D eigenvalue weighted by atomic mass is 9.88. The van der Waals surface area contributed by atoms with Crippen LogP contribution in [0.4, 0.5) is 4.79 Å². The zero-order valence-electron chi connectivity index (χ0n) is 14.2. The van der Waals surface area contributed by atoms with Crippen LogP contribution in [0.15, 0.2) is 0 Å². The summed E-state index contributed by atoms with van der Waals surface area (Å²) in [5.74, 6) is 0. The summed E-state index contributed by atoms with van der Waals surface area (Å²) >= 11 is 0. The average molecular weight is 300 g/mol. The fourth-order valence-corrected chi connectivity index (χ4v) is 2.98. The lowest BCUT2D eigenvalue weighted by Crippen LogP contribution is -2.57. The first-order chi connectivity index (χ1) is 9.76. The first-order valence-electron chi connectivity index (χ1n) is 8.12. The Morgan fingerprint density at radius 2 is 1.95 bits per heavy atom. The second-order valence-corrected chi connectivity index (χ2v) is 7.12. The molecule has 2 N–H and O–H groups in total. The van der Waals surface area contributed by atoms with Crippen LogP contribution in [0.3, 0.4) is 0 Å². The van der Waals surface area contributed by atoms with Crippen molar-refractivity contribution in [2.75, 3.05) is 13.2 Å². The standard InChI is InChI=1S/C16H32N2O3/c1-12(2)18(15(20)21-16(3,4)5)14-9-7-6-8-13(14)17-10-11-19/h12-14,17,19H,6-11H2,1-5H3/t13-,14-/m0/s1. The topological polar surface area (TPSA) is 61.8 Å². The molecule has 1 fully saturated rings. The van der Waals surface area contributed by atoms with Gasteiger partial charge < -0.3 is 20.1 Å². The highest BCUT2D eigenvalue weighted by Gasteiger charge is 2.36. The molecule has 1 aliphatic rings. The molecule has 5 nitrogen and oxygen atoms in total. The van der Waals surface area contributed by atoms with Gasteiger partial charge in [0.2, 0.25) is 0 Å². The fourth-order valence-electron chi connectivity index (χ4n) is 2.98. The molecule has 0 saturated heterocycles. The van der Waals surface area contributed by atoms with Gasteiger partial charge in [0.05, 0.1) is 12.6 Å². The molecule has 21 heavy (non-hydrogen) atoms. The van der Waals surface area contributed by atoms with Crippen molar-refractivity contribution in [1.29, 1.82) is 0 Å². The van der Waals surface area contributed by atoms with Crippen molar-refractivity contribution in [1.82, 2.24) is 10.2 Å². The van der Waals surface area contributed by atoms with Gasteiger partial charge in [-0.2, -0.15) is 0 Å². The van der Waals surface area contributed by atoms with Crippen LogP contribution < -0.4 is 5.32 Å². The minimum atomic E-state index is -0.479. The first-order valence-corrected chi connectivity index (χ1v) is 8.12. The van der Waals surface area contributed by atoms with Crippen molar-refractivity contribution in [3.63, 3.8) is 0 Å². The predicted molar refractivity (Wildman–Crippen MR) is 84.3 cm³/mol. The van der Waals surface area contributed by atoms with Crippen LogP contribution in [0, 0.1) is 0 Å². The maximum atomic E-state index is 12.5. The monoisotopic (exact) mass is 300 g/mol. The predicted octanol–water partition coefficient (Wildman–Crippen LogP) is 2.53. The average Bonchev–Trinajstić information content (AvgIpc) is 2.35. The van der Waals surface area contributed by atoms with E-state index in [0.29, 0.717) is 6.54 Å². The third-order valence-electron chi connectivity index (χ3n) is 3.77. The first kappa shape index (κ1) is 18.2. The summed E-state index contributed by atoms with van der Waals surface area (Å²) in [4.78, 5) is 14.4. The van der Waals surface area contributed by atoms with Crippen molar-refractivity contribution < 1.29 is 14.6 Å². The van der Waals surface area contributed by atoms with Gasteiger partial charge in [-0.05, 0) is 47.5 Å². The lowest BCUT2D eigenvalue weighted by Gasteiger charge is -2.42.